The van der Waals surface area contributed by atoms with E-state index in [2.05, 4.69) is 21.2 Å². The van der Waals surface area contributed by atoms with Crippen LogP contribution in [0, 0.1) is 0 Å². The van der Waals surface area contributed by atoms with Gasteiger partial charge in [0.1, 0.15) is 12.3 Å². The van der Waals surface area contributed by atoms with Gasteiger partial charge in [0.25, 0.3) is 11.8 Å². The summed E-state index contributed by atoms with van der Waals surface area (Å²) in [6.07, 6.45) is 0.578. The quantitative estimate of drug-likeness (QED) is 0.729. The Hall–Kier alpha value is -2.38. The van der Waals surface area contributed by atoms with Crippen molar-refractivity contribution in [2.24, 2.45) is 0 Å². The number of amides is 3. The highest BCUT2D eigenvalue weighted by Crippen LogP contribution is 2.34. The van der Waals surface area contributed by atoms with E-state index in [0.29, 0.717) is 39.4 Å². The molecule has 1 unspecified atom stereocenters. The minimum absolute atomic E-state index is 0.288. The van der Waals surface area contributed by atoms with Crippen molar-refractivity contribution in [3.05, 3.63) is 62.6 Å². The molecule has 3 amide bonds. The number of benzene rings is 2. The van der Waals surface area contributed by atoms with Crippen LogP contribution in [0.3, 0.4) is 0 Å². The normalized spacial score (nSPS) is 18.0. The van der Waals surface area contributed by atoms with Gasteiger partial charge in [-0.1, -0.05) is 27.5 Å². The molecule has 0 saturated heterocycles. The summed E-state index contributed by atoms with van der Waals surface area (Å²) < 4.78 is 6.28. The van der Waals surface area contributed by atoms with Crippen LogP contribution in [0.25, 0.3) is 0 Å². The fourth-order valence-electron chi connectivity index (χ4n) is 3.31. The van der Waals surface area contributed by atoms with Crippen LogP contribution in [0.15, 0.2) is 40.9 Å². The number of hydrogen-bond donors (Lipinski definition) is 1. The molecule has 2 aliphatic rings. The van der Waals surface area contributed by atoms with E-state index in [1.54, 1.807) is 36.4 Å². The lowest BCUT2D eigenvalue weighted by Gasteiger charge is -2.27. The van der Waals surface area contributed by atoms with Crippen LogP contribution in [0.4, 0.5) is 0 Å². The number of carbonyl (C=O) groups excluding carboxylic acids is 3. The van der Waals surface area contributed by atoms with E-state index in [4.69, 9.17) is 16.3 Å². The Morgan fingerprint density at radius 3 is 2.78 bits per heavy atom. The van der Waals surface area contributed by atoms with Crippen LogP contribution in [-0.4, -0.2) is 35.8 Å². The zero-order valence-electron chi connectivity index (χ0n) is 14.0. The van der Waals surface area contributed by atoms with E-state index < -0.39 is 17.7 Å². The third-order valence-corrected chi connectivity index (χ3v) is 5.31. The van der Waals surface area contributed by atoms with E-state index >= 15 is 0 Å². The molecular weight excluding hydrogens is 436 g/mol. The van der Waals surface area contributed by atoms with Gasteiger partial charge in [-0.05, 0) is 36.4 Å². The Balaban J connectivity index is 1.49. The summed E-state index contributed by atoms with van der Waals surface area (Å²) in [6.45, 7) is 0.123. The van der Waals surface area contributed by atoms with Gasteiger partial charge >= 0.3 is 0 Å². The smallest absolute Gasteiger partial charge is 0.262 e. The number of nitrogens with one attached hydrogen (secondary N) is 1. The average molecular weight is 450 g/mol. The van der Waals surface area contributed by atoms with E-state index in [9.17, 15) is 14.4 Å². The lowest BCUT2D eigenvalue weighted by Crippen LogP contribution is -2.42. The summed E-state index contributed by atoms with van der Waals surface area (Å²) in [5.41, 5.74) is 1.39. The van der Waals surface area contributed by atoms with Crippen molar-refractivity contribution < 1.29 is 19.1 Å². The minimum Gasteiger partial charge on any atom is -0.493 e. The second-order valence-corrected chi connectivity index (χ2v) is 7.68. The number of fused-ring (bicyclic) bond motifs is 2. The third kappa shape index (κ3) is 3.33. The number of rotatable bonds is 3. The number of carbonyl (C=O) groups is 3. The third-order valence-electron chi connectivity index (χ3n) is 4.58. The Kier molecular flexibility index (Phi) is 4.65. The second kappa shape index (κ2) is 6.98. The molecule has 1 atom stereocenters. The monoisotopic (exact) mass is 448 g/mol. The van der Waals surface area contributed by atoms with Crippen molar-refractivity contribution >= 4 is 45.3 Å². The van der Waals surface area contributed by atoms with Crippen LogP contribution in [0.5, 0.6) is 5.75 Å². The second-order valence-electron chi connectivity index (χ2n) is 6.33. The average Bonchev–Trinajstić information content (AvgIpc) is 2.86. The van der Waals surface area contributed by atoms with Gasteiger partial charge in [0.05, 0.1) is 23.8 Å². The summed E-state index contributed by atoms with van der Waals surface area (Å²) in [5.74, 6) is -0.683. The predicted molar refractivity (Wildman–Crippen MR) is 102 cm³/mol. The molecule has 0 fully saturated rings. The lowest BCUT2D eigenvalue weighted by atomic mass is 10.0. The van der Waals surface area contributed by atoms with Crippen LogP contribution in [0.2, 0.25) is 5.02 Å². The summed E-state index contributed by atoms with van der Waals surface area (Å²) in [6, 6.07) is 9.80. The summed E-state index contributed by atoms with van der Waals surface area (Å²) in [4.78, 5) is 38.5. The fraction of sp³-hybridized carbons (Fsp3) is 0.211. The van der Waals surface area contributed by atoms with E-state index in [-0.39, 0.29) is 12.6 Å². The molecule has 0 saturated carbocycles. The van der Waals surface area contributed by atoms with Crippen LogP contribution in [0.1, 0.15) is 38.7 Å². The van der Waals surface area contributed by atoms with Gasteiger partial charge in [0.15, 0.2) is 0 Å². The SMILES string of the molecule is O=C(CN1C(=O)c2ccc(Br)cc2C1=O)NC1CCOc2ccc(Cl)cc21. The van der Waals surface area contributed by atoms with Crippen molar-refractivity contribution in [1.82, 2.24) is 10.2 Å². The molecule has 0 aromatic heterocycles. The van der Waals surface area contributed by atoms with Gasteiger partial charge in [-0.25, -0.2) is 0 Å². The zero-order chi connectivity index (χ0) is 19.1. The van der Waals surface area contributed by atoms with Crippen molar-refractivity contribution in [3.63, 3.8) is 0 Å². The van der Waals surface area contributed by atoms with Gasteiger partial charge in [-0.15, -0.1) is 0 Å². The molecule has 8 heteroatoms. The van der Waals surface area contributed by atoms with Crippen LogP contribution < -0.4 is 10.1 Å². The van der Waals surface area contributed by atoms with Crippen LogP contribution in [-0.2, 0) is 4.79 Å². The molecule has 2 aromatic carbocycles. The summed E-state index contributed by atoms with van der Waals surface area (Å²) >= 11 is 9.33. The zero-order valence-corrected chi connectivity index (χ0v) is 16.3. The number of imide groups is 1. The van der Waals surface area contributed by atoms with Gasteiger partial charge in [0.2, 0.25) is 5.91 Å². The van der Waals surface area contributed by atoms with Gasteiger partial charge in [-0.2, -0.15) is 0 Å². The maximum Gasteiger partial charge on any atom is 0.262 e. The van der Waals surface area contributed by atoms with Gasteiger partial charge in [-0.3, -0.25) is 19.3 Å². The molecule has 27 heavy (non-hydrogen) atoms. The van der Waals surface area contributed by atoms with Crippen LogP contribution >= 0.6 is 27.5 Å². The molecule has 1 N–H and O–H groups in total. The summed E-state index contributed by atoms with van der Waals surface area (Å²) in [7, 11) is 0. The first kappa shape index (κ1) is 18.0. The maximum absolute atomic E-state index is 12.5. The van der Waals surface area contributed by atoms with Crippen molar-refractivity contribution in [2.75, 3.05) is 13.2 Å². The maximum atomic E-state index is 12.5. The first-order chi connectivity index (χ1) is 12.9. The highest BCUT2D eigenvalue weighted by molar-refractivity contribution is 9.10. The molecule has 2 heterocycles. The highest BCUT2D eigenvalue weighted by Gasteiger charge is 2.37. The number of halogens is 2. The van der Waals surface area contributed by atoms with E-state index in [0.717, 1.165) is 10.5 Å². The van der Waals surface area contributed by atoms with Crippen molar-refractivity contribution in [2.45, 2.75) is 12.5 Å². The van der Waals surface area contributed by atoms with Crippen molar-refractivity contribution in [3.8, 4) is 5.75 Å². The molecule has 0 spiro atoms. The standard InChI is InChI=1S/C19H14BrClN2O4/c20-10-1-3-12-13(7-10)19(26)23(18(12)25)9-17(24)22-15-5-6-27-16-4-2-11(21)8-14(15)16/h1-4,7-8,15H,5-6,9H2,(H,22,24). The largest absolute Gasteiger partial charge is 0.493 e. The molecule has 0 radical (unpaired) electrons. The Morgan fingerprint density at radius 1 is 1.19 bits per heavy atom. The molecule has 4 rings (SSSR count). The van der Waals surface area contributed by atoms with Gasteiger partial charge < -0.3 is 10.1 Å². The van der Waals surface area contributed by atoms with E-state index in [1.807, 2.05) is 0 Å². The number of nitrogens with zero attached hydrogens (tertiary/aromatic N) is 1. The Morgan fingerprint density at radius 2 is 1.96 bits per heavy atom. The molecule has 138 valence electrons. The lowest BCUT2D eigenvalue weighted by molar-refractivity contribution is -0.122. The van der Waals surface area contributed by atoms with Crippen molar-refractivity contribution in [1.29, 1.82) is 0 Å². The number of ether oxygens (including phenoxy) is 1. The first-order valence-electron chi connectivity index (χ1n) is 8.31. The van der Waals surface area contributed by atoms with Gasteiger partial charge in [0, 0.05) is 21.5 Å². The molecule has 2 aromatic rings. The molecular formula is C19H14BrClN2O4. The first-order valence-corrected chi connectivity index (χ1v) is 9.48. The highest BCUT2D eigenvalue weighted by atomic mass is 79.9. The molecule has 0 aliphatic carbocycles. The number of hydrogen-bond acceptors (Lipinski definition) is 4. The molecule has 2 aliphatic heterocycles. The summed E-state index contributed by atoms with van der Waals surface area (Å²) in [5, 5.41) is 3.42. The Bertz CT molecular complexity index is 978. The minimum atomic E-state index is -0.470. The molecule has 6 nitrogen and oxygen atoms in total. The Labute approximate surface area is 168 Å². The predicted octanol–water partition coefficient (Wildman–Crippen LogP) is 3.34. The fourth-order valence-corrected chi connectivity index (χ4v) is 3.85. The van der Waals surface area contributed by atoms with E-state index in [1.165, 1.54) is 0 Å². The topological polar surface area (TPSA) is 75.7 Å². The molecule has 0 bridgehead atoms.